The van der Waals surface area contributed by atoms with Gasteiger partial charge in [0, 0.05) is 25.2 Å². The SMILES string of the molecule is COC(=O)c1cc(Cl)c2cc(N(C)C)ccc2n1. The van der Waals surface area contributed by atoms with Crippen LogP contribution in [0.3, 0.4) is 0 Å². The van der Waals surface area contributed by atoms with Crippen LogP contribution in [0.15, 0.2) is 24.3 Å². The molecule has 0 unspecified atom stereocenters. The van der Waals surface area contributed by atoms with Crippen molar-refractivity contribution in [2.45, 2.75) is 0 Å². The Labute approximate surface area is 110 Å². The van der Waals surface area contributed by atoms with Crippen molar-refractivity contribution in [3.05, 3.63) is 35.0 Å². The molecule has 0 aliphatic heterocycles. The minimum absolute atomic E-state index is 0.215. The maximum absolute atomic E-state index is 11.4. The molecule has 5 heteroatoms. The number of ether oxygens (including phenoxy) is 1. The van der Waals surface area contributed by atoms with Gasteiger partial charge in [-0.3, -0.25) is 0 Å². The van der Waals surface area contributed by atoms with Crippen molar-refractivity contribution in [3.8, 4) is 0 Å². The zero-order valence-corrected chi connectivity index (χ0v) is 11.2. The number of methoxy groups -OCH3 is 1. The van der Waals surface area contributed by atoms with Gasteiger partial charge in [0.15, 0.2) is 5.69 Å². The van der Waals surface area contributed by atoms with E-state index in [1.54, 1.807) is 0 Å². The zero-order valence-electron chi connectivity index (χ0n) is 10.4. The fourth-order valence-corrected chi connectivity index (χ4v) is 1.91. The Hall–Kier alpha value is -1.81. The van der Waals surface area contributed by atoms with E-state index in [1.807, 2.05) is 37.2 Å². The van der Waals surface area contributed by atoms with Crippen LogP contribution < -0.4 is 4.90 Å². The highest BCUT2D eigenvalue weighted by Gasteiger charge is 2.12. The number of hydrogen-bond acceptors (Lipinski definition) is 4. The van der Waals surface area contributed by atoms with Gasteiger partial charge >= 0.3 is 5.97 Å². The zero-order chi connectivity index (χ0) is 13.3. The quantitative estimate of drug-likeness (QED) is 0.782. The van der Waals surface area contributed by atoms with Gasteiger partial charge in [-0.15, -0.1) is 0 Å². The van der Waals surface area contributed by atoms with Gasteiger partial charge in [0.1, 0.15) is 0 Å². The van der Waals surface area contributed by atoms with E-state index in [0.29, 0.717) is 10.5 Å². The first-order chi connectivity index (χ1) is 8.52. The average molecular weight is 265 g/mol. The van der Waals surface area contributed by atoms with Gasteiger partial charge in [0.2, 0.25) is 0 Å². The molecular weight excluding hydrogens is 252 g/mol. The molecule has 2 rings (SSSR count). The summed E-state index contributed by atoms with van der Waals surface area (Å²) in [6.07, 6.45) is 0. The van der Waals surface area contributed by atoms with Crippen molar-refractivity contribution < 1.29 is 9.53 Å². The van der Waals surface area contributed by atoms with Crippen LogP contribution in [0.2, 0.25) is 5.02 Å². The van der Waals surface area contributed by atoms with E-state index < -0.39 is 5.97 Å². The minimum Gasteiger partial charge on any atom is -0.464 e. The Balaban J connectivity index is 2.62. The van der Waals surface area contributed by atoms with Gasteiger partial charge in [-0.2, -0.15) is 0 Å². The van der Waals surface area contributed by atoms with Gasteiger partial charge in [-0.05, 0) is 24.3 Å². The number of carbonyl (C=O) groups is 1. The van der Waals surface area contributed by atoms with Crippen LogP contribution in [0.1, 0.15) is 10.5 Å². The van der Waals surface area contributed by atoms with Crippen molar-refractivity contribution in [2.24, 2.45) is 0 Å². The summed E-state index contributed by atoms with van der Waals surface area (Å²) in [5.74, 6) is -0.490. The monoisotopic (exact) mass is 264 g/mol. The summed E-state index contributed by atoms with van der Waals surface area (Å²) in [7, 11) is 5.22. The number of esters is 1. The maximum atomic E-state index is 11.4. The smallest absolute Gasteiger partial charge is 0.356 e. The first-order valence-electron chi connectivity index (χ1n) is 5.39. The highest BCUT2D eigenvalue weighted by molar-refractivity contribution is 6.35. The third-order valence-electron chi connectivity index (χ3n) is 2.65. The number of rotatable bonds is 2. The molecule has 1 heterocycles. The standard InChI is InChI=1S/C13H13ClN2O2/c1-16(2)8-4-5-11-9(6-8)10(14)7-12(15-11)13(17)18-3/h4-7H,1-3H3. The molecule has 4 nitrogen and oxygen atoms in total. The summed E-state index contributed by atoms with van der Waals surface area (Å²) in [6, 6.07) is 7.22. The maximum Gasteiger partial charge on any atom is 0.356 e. The number of carbonyl (C=O) groups excluding carboxylic acids is 1. The predicted molar refractivity (Wildman–Crippen MR) is 72.4 cm³/mol. The van der Waals surface area contributed by atoms with E-state index in [1.165, 1.54) is 13.2 Å². The molecule has 18 heavy (non-hydrogen) atoms. The molecule has 1 aromatic carbocycles. The van der Waals surface area contributed by atoms with Gasteiger partial charge in [0.25, 0.3) is 0 Å². The summed E-state index contributed by atoms with van der Waals surface area (Å²) in [6.45, 7) is 0. The Kier molecular flexibility index (Phi) is 3.39. The normalized spacial score (nSPS) is 10.4. The molecule has 0 saturated carbocycles. The third kappa shape index (κ3) is 2.24. The molecule has 0 N–H and O–H groups in total. The van der Waals surface area contributed by atoms with Gasteiger partial charge in [0.05, 0.1) is 17.6 Å². The summed E-state index contributed by atoms with van der Waals surface area (Å²) >= 11 is 6.17. The largest absolute Gasteiger partial charge is 0.464 e. The van der Waals surface area contributed by atoms with Gasteiger partial charge in [-0.25, -0.2) is 9.78 Å². The Morgan fingerprint density at radius 2 is 2.06 bits per heavy atom. The van der Waals surface area contributed by atoms with E-state index in [9.17, 15) is 4.79 Å². The highest BCUT2D eigenvalue weighted by atomic mass is 35.5. The molecule has 2 aromatic rings. The molecule has 0 atom stereocenters. The molecule has 0 bridgehead atoms. The molecule has 0 saturated heterocycles. The van der Waals surface area contributed by atoms with E-state index in [4.69, 9.17) is 11.6 Å². The summed E-state index contributed by atoms with van der Waals surface area (Å²) in [5, 5.41) is 1.31. The fourth-order valence-electron chi connectivity index (χ4n) is 1.66. The van der Waals surface area contributed by atoms with Crippen LogP contribution in [-0.4, -0.2) is 32.2 Å². The van der Waals surface area contributed by atoms with E-state index in [-0.39, 0.29) is 5.69 Å². The van der Waals surface area contributed by atoms with E-state index in [0.717, 1.165) is 11.1 Å². The lowest BCUT2D eigenvalue weighted by Gasteiger charge is -2.13. The lowest BCUT2D eigenvalue weighted by Crippen LogP contribution is -2.08. The summed E-state index contributed by atoms with van der Waals surface area (Å²) in [5.41, 5.74) is 1.91. The molecule has 0 spiro atoms. The topological polar surface area (TPSA) is 42.4 Å². The third-order valence-corrected chi connectivity index (χ3v) is 2.97. The lowest BCUT2D eigenvalue weighted by atomic mass is 10.1. The highest BCUT2D eigenvalue weighted by Crippen LogP contribution is 2.27. The summed E-state index contributed by atoms with van der Waals surface area (Å²) < 4.78 is 4.63. The van der Waals surface area contributed by atoms with Gasteiger partial charge < -0.3 is 9.64 Å². The van der Waals surface area contributed by atoms with E-state index in [2.05, 4.69) is 9.72 Å². The number of anilines is 1. The first-order valence-corrected chi connectivity index (χ1v) is 5.76. The van der Waals surface area contributed by atoms with Crippen LogP contribution in [-0.2, 0) is 4.74 Å². The second-order valence-corrected chi connectivity index (χ2v) is 4.48. The number of benzene rings is 1. The molecule has 1 aromatic heterocycles. The predicted octanol–water partition coefficient (Wildman–Crippen LogP) is 2.74. The van der Waals surface area contributed by atoms with E-state index >= 15 is 0 Å². The first kappa shape index (κ1) is 12.6. The molecule has 0 radical (unpaired) electrons. The number of fused-ring (bicyclic) bond motifs is 1. The van der Waals surface area contributed by atoms with Crippen LogP contribution in [0, 0.1) is 0 Å². The number of hydrogen-bond donors (Lipinski definition) is 0. The molecule has 0 amide bonds. The minimum atomic E-state index is -0.490. The fraction of sp³-hybridized carbons (Fsp3) is 0.231. The van der Waals surface area contributed by atoms with Crippen LogP contribution in [0.4, 0.5) is 5.69 Å². The van der Waals surface area contributed by atoms with Crippen molar-refractivity contribution in [1.82, 2.24) is 4.98 Å². The number of pyridine rings is 1. The Morgan fingerprint density at radius 3 is 2.67 bits per heavy atom. The number of nitrogens with zero attached hydrogens (tertiary/aromatic N) is 2. The summed E-state index contributed by atoms with van der Waals surface area (Å²) in [4.78, 5) is 17.6. The van der Waals surface area contributed by atoms with Crippen molar-refractivity contribution >= 4 is 34.2 Å². The second-order valence-electron chi connectivity index (χ2n) is 4.08. The van der Waals surface area contributed by atoms with Crippen molar-refractivity contribution in [3.63, 3.8) is 0 Å². The van der Waals surface area contributed by atoms with Crippen LogP contribution in [0.5, 0.6) is 0 Å². The Bertz CT molecular complexity index is 611. The second kappa shape index (κ2) is 4.82. The number of halogens is 1. The molecular formula is C13H13ClN2O2. The molecule has 0 fully saturated rings. The number of aromatic nitrogens is 1. The van der Waals surface area contributed by atoms with Gasteiger partial charge in [-0.1, -0.05) is 11.6 Å². The lowest BCUT2D eigenvalue weighted by molar-refractivity contribution is 0.0594. The molecule has 0 aliphatic carbocycles. The van der Waals surface area contributed by atoms with Crippen LogP contribution >= 0.6 is 11.6 Å². The Morgan fingerprint density at radius 1 is 1.33 bits per heavy atom. The molecule has 0 aliphatic rings. The van der Waals surface area contributed by atoms with Crippen LogP contribution in [0.25, 0.3) is 10.9 Å². The van der Waals surface area contributed by atoms with Crippen molar-refractivity contribution in [2.75, 3.05) is 26.1 Å². The molecule has 94 valence electrons. The average Bonchev–Trinajstić information content (AvgIpc) is 2.37. The van der Waals surface area contributed by atoms with Crippen molar-refractivity contribution in [1.29, 1.82) is 0 Å².